The summed E-state index contributed by atoms with van der Waals surface area (Å²) in [5.41, 5.74) is 2.88. The van der Waals surface area contributed by atoms with E-state index in [0.29, 0.717) is 5.57 Å². The van der Waals surface area contributed by atoms with E-state index < -0.39 is 0 Å². The van der Waals surface area contributed by atoms with Gasteiger partial charge in [-0.3, -0.25) is 4.79 Å². The summed E-state index contributed by atoms with van der Waals surface area (Å²) in [4.78, 5) is 11.3. The van der Waals surface area contributed by atoms with Crippen molar-refractivity contribution in [1.29, 1.82) is 0 Å². The SMILES string of the molecule is C=C1CCC2=CC(=O)C(=C)C12C. The molecule has 1 unspecified atom stereocenters. The minimum atomic E-state index is -0.183. The first kappa shape index (κ1) is 7.53. The van der Waals surface area contributed by atoms with Gasteiger partial charge in [0.1, 0.15) is 0 Å². The van der Waals surface area contributed by atoms with Gasteiger partial charge in [-0.05, 0) is 25.8 Å². The second-order valence-corrected chi connectivity index (χ2v) is 3.74. The highest BCUT2D eigenvalue weighted by molar-refractivity contribution is 6.09. The lowest BCUT2D eigenvalue weighted by Gasteiger charge is -2.23. The Morgan fingerprint density at radius 3 is 2.67 bits per heavy atom. The van der Waals surface area contributed by atoms with Crippen LogP contribution in [0.1, 0.15) is 19.8 Å². The Bertz CT molecular complexity index is 333. The van der Waals surface area contributed by atoms with Crippen LogP contribution < -0.4 is 0 Å². The summed E-state index contributed by atoms with van der Waals surface area (Å²) in [5, 5.41) is 0. The van der Waals surface area contributed by atoms with Crippen LogP contribution in [0.25, 0.3) is 0 Å². The molecule has 0 aromatic rings. The topological polar surface area (TPSA) is 17.1 Å². The molecule has 1 atom stereocenters. The van der Waals surface area contributed by atoms with Crippen molar-refractivity contribution in [3.8, 4) is 0 Å². The van der Waals surface area contributed by atoms with Crippen molar-refractivity contribution in [2.75, 3.05) is 0 Å². The average molecular weight is 160 g/mol. The van der Waals surface area contributed by atoms with Gasteiger partial charge in [0.05, 0.1) is 0 Å². The van der Waals surface area contributed by atoms with E-state index in [2.05, 4.69) is 20.1 Å². The lowest BCUT2D eigenvalue weighted by atomic mass is 9.79. The number of hydrogen-bond donors (Lipinski definition) is 0. The van der Waals surface area contributed by atoms with Crippen molar-refractivity contribution in [2.24, 2.45) is 5.41 Å². The molecule has 1 saturated carbocycles. The monoisotopic (exact) mass is 160 g/mol. The molecule has 0 heterocycles. The van der Waals surface area contributed by atoms with Crippen molar-refractivity contribution in [1.82, 2.24) is 0 Å². The molecule has 2 rings (SSSR count). The molecular formula is C11H12O. The molecule has 0 N–H and O–H groups in total. The van der Waals surface area contributed by atoms with Crippen molar-refractivity contribution >= 4 is 5.78 Å². The molecule has 62 valence electrons. The van der Waals surface area contributed by atoms with Crippen molar-refractivity contribution in [3.05, 3.63) is 36.0 Å². The smallest absolute Gasteiger partial charge is 0.182 e. The zero-order valence-electron chi connectivity index (χ0n) is 7.31. The maximum absolute atomic E-state index is 11.3. The molecule has 0 radical (unpaired) electrons. The maximum atomic E-state index is 11.3. The minimum absolute atomic E-state index is 0.0911. The normalized spacial score (nSPS) is 34.1. The Labute approximate surface area is 72.5 Å². The van der Waals surface area contributed by atoms with Crippen LogP contribution >= 0.6 is 0 Å². The van der Waals surface area contributed by atoms with Crippen LogP contribution in [0.15, 0.2) is 36.0 Å². The van der Waals surface area contributed by atoms with Crippen molar-refractivity contribution in [2.45, 2.75) is 19.8 Å². The molecule has 0 saturated heterocycles. The number of fused-ring (bicyclic) bond motifs is 1. The quantitative estimate of drug-likeness (QED) is 0.393. The van der Waals surface area contributed by atoms with Gasteiger partial charge in [-0.15, -0.1) is 0 Å². The molecule has 1 nitrogen and oxygen atoms in total. The Kier molecular flexibility index (Phi) is 1.24. The van der Waals surface area contributed by atoms with Crippen LogP contribution in [-0.4, -0.2) is 5.78 Å². The van der Waals surface area contributed by atoms with E-state index in [0.717, 1.165) is 18.4 Å². The molecule has 1 fully saturated rings. The van der Waals surface area contributed by atoms with Gasteiger partial charge in [-0.2, -0.15) is 0 Å². The highest BCUT2D eigenvalue weighted by Gasteiger charge is 2.45. The molecule has 0 amide bonds. The summed E-state index contributed by atoms with van der Waals surface area (Å²) in [6.45, 7) is 9.89. The van der Waals surface area contributed by atoms with Gasteiger partial charge in [0.2, 0.25) is 0 Å². The Morgan fingerprint density at radius 2 is 2.08 bits per heavy atom. The third-order valence-electron chi connectivity index (χ3n) is 3.25. The molecule has 0 spiro atoms. The number of hydrogen-bond acceptors (Lipinski definition) is 1. The summed E-state index contributed by atoms with van der Waals surface area (Å²) >= 11 is 0. The zero-order valence-corrected chi connectivity index (χ0v) is 7.31. The van der Waals surface area contributed by atoms with E-state index in [9.17, 15) is 4.79 Å². The van der Waals surface area contributed by atoms with Gasteiger partial charge in [0.25, 0.3) is 0 Å². The predicted octanol–water partition coefficient (Wildman–Crippen LogP) is 2.41. The molecule has 0 aliphatic heterocycles. The molecule has 2 aliphatic rings. The van der Waals surface area contributed by atoms with Gasteiger partial charge >= 0.3 is 0 Å². The van der Waals surface area contributed by atoms with E-state index in [4.69, 9.17) is 0 Å². The Balaban J connectivity index is 2.59. The van der Waals surface area contributed by atoms with Crippen LogP contribution in [0.2, 0.25) is 0 Å². The summed E-state index contributed by atoms with van der Waals surface area (Å²) < 4.78 is 0. The molecule has 0 bridgehead atoms. The first-order valence-corrected chi connectivity index (χ1v) is 4.20. The van der Waals surface area contributed by atoms with Gasteiger partial charge in [0, 0.05) is 11.0 Å². The fraction of sp³-hybridized carbons (Fsp3) is 0.364. The van der Waals surface area contributed by atoms with E-state index in [-0.39, 0.29) is 11.2 Å². The highest BCUT2D eigenvalue weighted by atomic mass is 16.1. The number of allylic oxidation sites excluding steroid dienone is 4. The summed E-state index contributed by atoms with van der Waals surface area (Å²) in [7, 11) is 0. The molecule has 2 aliphatic carbocycles. The van der Waals surface area contributed by atoms with Gasteiger partial charge < -0.3 is 0 Å². The van der Waals surface area contributed by atoms with Crippen LogP contribution in [0.3, 0.4) is 0 Å². The fourth-order valence-corrected chi connectivity index (χ4v) is 2.13. The largest absolute Gasteiger partial charge is 0.290 e. The van der Waals surface area contributed by atoms with Crippen molar-refractivity contribution in [3.63, 3.8) is 0 Å². The van der Waals surface area contributed by atoms with Crippen LogP contribution in [0.4, 0.5) is 0 Å². The van der Waals surface area contributed by atoms with Crippen LogP contribution in [0.5, 0.6) is 0 Å². The van der Waals surface area contributed by atoms with E-state index in [1.807, 2.05) is 0 Å². The summed E-state index contributed by atoms with van der Waals surface area (Å²) in [6.07, 6.45) is 3.73. The standard InChI is InChI=1S/C11H12O/c1-7-4-5-9-6-10(12)8(2)11(7,9)3/h6H,1-2,4-5H2,3H3. The van der Waals surface area contributed by atoms with Crippen LogP contribution in [0, 0.1) is 5.41 Å². The Morgan fingerprint density at radius 1 is 1.42 bits per heavy atom. The highest BCUT2D eigenvalue weighted by Crippen LogP contribution is 2.54. The minimum Gasteiger partial charge on any atom is -0.290 e. The summed E-state index contributed by atoms with van der Waals surface area (Å²) in [6, 6.07) is 0. The molecule has 12 heavy (non-hydrogen) atoms. The number of rotatable bonds is 0. The number of ketones is 1. The molecule has 0 aromatic heterocycles. The fourth-order valence-electron chi connectivity index (χ4n) is 2.13. The second kappa shape index (κ2) is 1.98. The van der Waals surface area contributed by atoms with Gasteiger partial charge in [-0.25, -0.2) is 0 Å². The molecular weight excluding hydrogens is 148 g/mol. The second-order valence-electron chi connectivity index (χ2n) is 3.74. The zero-order chi connectivity index (χ0) is 8.93. The maximum Gasteiger partial charge on any atom is 0.182 e. The Hall–Kier alpha value is -1.11. The molecule has 0 aromatic carbocycles. The van der Waals surface area contributed by atoms with Gasteiger partial charge in [-0.1, -0.05) is 24.3 Å². The number of carbonyl (C=O) groups excluding carboxylic acids is 1. The first-order chi connectivity index (χ1) is 5.56. The first-order valence-electron chi connectivity index (χ1n) is 4.20. The van der Waals surface area contributed by atoms with Crippen LogP contribution in [-0.2, 0) is 4.79 Å². The molecule has 1 heteroatoms. The average Bonchev–Trinajstić information content (AvgIpc) is 2.41. The van der Waals surface area contributed by atoms with E-state index in [1.165, 1.54) is 5.57 Å². The van der Waals surface area contributed by atoms with Gasteiger partial charge in [0.15, 0.2) is 5.78 Å². The van der Waals surface area contributed by atoms with E-state index in [1.54, 1.807) is 6.08 Å². The third-order valence-corrected chi connectivity index (χ3v) is 3.25. The van der Waals surface area contributed by atoms with E-state index >= 15 is 0 Å². The predicted molar refractivity (Wildman–Crippen MR) is 48.7 cm³/mol. The number of carbonyl (C=O) groups is 1. The lowest BCUT2D eigenvalue weighted by Crippen LogP contribution is -2.16. The lowest BCUT2D eigenvalue weighted by molar-refractivity contribution is -0.111. The summed E-state index contributed by atoms with van der Waals surface area (Å²) in [5.74, 6) is 0.0911. The van der Waals surface area contributed by atoms with Crippen molar-refractivity contribution < 1.29 is 4.79 Å². The third kappa shape index (κ3) is 0.619.